The number of aliphatic hydroxyl groups excluding tert-OH is 1. The van der Waals surface area contributed by atoms with Gasteiger partial charge in [0.1, 0.15) is 19.4 Å². The van der Waals surface area contributed by atoms with Gasteiger partial charge in [0.05, 0.1) is 24.2 Å². The molecule has 3 N–H and O–H groups in total. The van der Waals surface area contributed by atoms with Crippen molar-refractivity contribution in [1.82, 2.24) is 19.9 Å². The van der Waals surface area contributed by atoms with Crippen LogP contribution in [0.5, 0.6) is 5.75 Å². The van der Waals surface area contributed by atoms with Crippen molar-refractivity contribution in [3.8, 4) is 17.1 Å². The van der Waals surface area contributed by atoms with Gasteiger partial charge in [-0.2, -0.15) is 4.58 Å². The molecule has 2 aliphatic rings. The Morgan fingerprint density at radius 3 is 2.80 bits per heavy atom. The van der Waals surface area contributed by atoms with Crippen LogP contribution in [0.3, 0.4) is 0 Å². The van der Waals surface area contributed by atoms with E-state index >= 15 is 0 Å². The summed E-state index contributed by atoms with van der Waals surface area (Å²) >= 11 is 0. The Kier molecular flexibility index (Phi) is 6.93. The number of aromatic amines is 1. The number of aliphatic hydroxyl groups is 1. The summed E-state index contributed by atoms with van der Waals surface area (Å²) in [5.41, 5.74) is 3.56. The number of ketones is 1. The van der Waals surface area contributed by atoms with Crippen molar-refractivity contribution in [3.05, 3.63) is 60.6 Å². The molecule has 0 radical (unpaired) electrons. The van der Waals surface area contributed by atoms with Gasteiger partial charge in [-0.3, -0.25) is 9.78 Å². The standard InChI is InChI=1S/C30H32N6O4/c1-36-28(38)17-40-18-30(36)9-5-19(6-10-30)13-27(37)26-15-20-14-21(3-4-23(20)34-26)33-29-32-12-8-24(35-29)25-16-22(39-2)7-11-31-25/h3-4,7-8,11-12,14-16,19H,5-6,9-10,13,17-18H2,1-2H3,(H2,31,32,33,34,35,37)/p+1. The maximum atomic E-state index is 13.2. The van der Waals surface area contributed by atoms with Crippen LogP contribution >= 0.6 is 0 Å². The number of fused-ring (bicyclic) bond motifs is 1. The van der Waals surface area contributed by atoms with E-state index < -0.39 is 0 Å². The lowest BCUT2D eigenvalue weighted by molar-refractivity contribution is -0.608. The van der Waals surface area contributed by atoms with Crippen molar-refractivity contribution in [3.63, 3.8) is 0 Å². The van der Waals surface area contributed by atoms with Gasteiger partial charge in [-0.05, 0) is 55.2 Å². The second-order valence-electron chi connectivity index (χ2n) is 10.7. The molecule has 0 saturated heterocycles. The minimum atomic E-state index is -0.153. The van der Waals surface area contributed by atoms with Gasteiger partial charge in [0, 0.05) is 54.3 Å². The molecule has 0 atom stereocenters. The molecular formula is C30H33N6O4+. The molecule has 1 saturated carbocycles. The molecule has 0 unspecified atom stereocenters. The van der Waals surface area contributed by atoms with Crippen molar-refractivity contribution in [2.75, 3.05) is 32.7 Å². The number of nitrogens with one attached hydrogen (secondary N) is 2. The smallest absolute Gasteiger partial charge is 0.360 e. The quantitative estimate of drug-likeness (QED) is 0.223. The van der Waals surface area contributed by atoms with Crippen molar-refractivity contribution >= 4 is 34.2 Å². The van der Waals surface area contributed by atoms with E-state index in [0.717, 1.165) is 42.3 Å². The van der Waals surface area contributed by atoms with E-state index in [-0.39, 0.29) is 17.9 Å². The minimum Gasteiger partial charge on any atom is -0.497 e. The first-order valence-corrected chi connectivity index (χ1v) is 13.6. The Morgan fingerprint density at radius 2 is 1.98 bits per heavy atom. The fourth-order valence-corrected chi connectivity index (χ4v) is 5.80. The molecule has 1 spiro atoms. The van der Waals surface area contributed by atoms with E-state index in [1.165, 1.54) is 0 Å². The zero-order valence-electron chi connectivity index (χ0n) is 22.7. The van der Waals surface area contributed by atoms with Crippen molar-refractivity contribution < 1.29 is 24.0 Å². The van der Waals surface area contributed by atoms with E-state index in [4.69, 9.17) is 9.47 Å². The van der Waals surface area contributed by atoms with Crippen LogP contribution in [0.25, 0.3) is 22.3 Å². The monoisotopic (exact) mass is 541 g/mol. The van der Waals surface area contributed by atoms with Crippen LogP contribution < -0.4 is 10.1 Å². The van der Waals surface area contributed by atoms with Gasteiger partial charge in [-0.15, -0.1) is 0 Å². The predicted molar refractivity (Wildman–Crippen MR) is 152 cm³/mol. The second kappa shape index (κ2) is 10.7. The zero-order chi connectivity index (χ0) is 27.7. The number of hydrogen-bond donors (Lipinski definition) is 3. The highest BCUT2D eigenvalue weighted by atomic mass is 16.5. The summed E-state index contributed by atoms with van der Waals surface area (Å²) < 4.78 is 12.9. The lowest BCUT2D eigenvalue weighted by atomic mass is 9.74. The molecule has 1 aliphatic heterocycles. The number of nitrogens with zero attached hydrogens (tertiary/aromatic N) is 4. The Balaban J connectivity index is 1.12. The number of carbonyl (C=O) groups is 1. The van der Waals surface area contributed by atoms with Crippen molar-refractivity contribution in [2.24, 2.45) is 5.92 Å². The molecule has 4 aromatic rings. The van der Waals surface area contributed by atoms with Gasteiger partial charge in [0.25, 0.3) is 0 Å². The van der Waals surface area contributed by atoms with Gasteiger partial charge < -0.3 is 24.9 Å². The molecular weight excluding hydrogens is 508 g/mol. The first-order chi connectivity index (χ1) is 19.4. The van der Waals surface area contributed by atoms with Crippen LogP contribution in [0.4, 0.5) is 11.6 Å². The van der Waals surface area contributed by atoms with Crippen LogP contribution in [0.2, 0.25) is 0 Å². The molecule has 40 heavy (non-hydrogen) atoms. The summed E-state index contributed by atoms with van der Waals surface area (Å²) in [5.74, 6) is 1.89. The lowest BCUT2D eigenvalue weighted by Gasteiger charge is -2.37. The van der Waals surface area contributed by atoms with E-state index in [1.54, 1.807) is 31.6 Å². The van der Waals surface area contributed by atoms with Crippen LogP contribution in [-0.2, 0) is 4.74 Å². The number of anilines is 2. The number of benzene rings is 1. The average molecular weight is 542 g/mol. The van der Waals surface area contributed by atoms with E-state index in [0.29, 0.717) is 53.6 Å². The van der Waals surface area contributed by atoms with Crippen LogP contribution in [0.15, 0.2) is 54.9 Å². The number of carbonyl (C=O) groups excluding carboxylic acids is 1. The molecule has 1 aliphatic carbocycles. The Morgan fingerprint density at radius 1 is 1.15 bits per heavy atom. The molecule has 1 fully saturated rings. The van der Waals surface area contributed by atoms with Crippen LogP contribution in [0.1, 0.15) is 42.6 Å². The number of likely N-dealkylation sites (N-methyl/N-ethyl adjacent to an activating group) is 1. The third kappa shape index (κ3) is 5.14. The molecule has 10 heteroatoms. The molecule has 0 amide bonds. The SMILES string of the molecule is COc1ccnc(-c2ccnc(Nc3ccc4[nH]c(C(=O)CC5CCC6(CC5)COCC(O)=[N+]6C)cc4c3)n2)c1. The lowest BCUT2D eigenvalue weighted by Crippen LogP contribution is -2.53. The molecule has 1 aromatic carbocycles. The molecule has 3 aromatic heterocycles. The number of ether oxygens (including phenoxy) is 2. The highest BCUT2D eigenvalue weighted by Crippen LogP contribution is 2.38. The Hall–Kier alpha value is -4.31. The number of rotatable bonds is 7. The second-order valence-corrected chi connectivity index (χ2v) is 10.7. The highest BCUT2D eigenvalue weighted by molar-refractivity contribution is 6.00. The third-order valence-corrected chi connectivity index (χ3v) is 8.27. The number of aromatic nitrogens is 4. The number of pyridine rings is 1. The number of Topliss-reactive ketones (excluding diaryl/α,β-unsaturated/α-hetero) is 1. The van der Waals surface area contributed by atoms with Gasteiger partial charge >= 0.3 is 5.90 Å². The summed E-state index contributed by atoms with van der Waals surface area (Å²) in [6.45, 7) is 0.901. The summed E-state index contributed by atoms with van der Waals surface area (Å²) in [5, 5.41) is 14.3. The maximum absolute atomic E-state index is 13.2. The van der Waals surface area contributed by atoms with Crippen molar-refractivity contribution in [1.29, 1.82) is 0 Å². The van der Waals surface area contributed by atoms with Crippen molar-refractivity contribution in [2.45, 2.75) is 37.6 Å². The Labute approximate surface area is 232 Å². The van der Waals surface area contributed by atoms with E-state index in [2.05, 4.69) is 25.3 Å². The topological polar surface area (TPSA) is 125 Å². The first kappa shape index (κ1) is 25.9. The molecule has 6 rings (SSSR count). The number of hydrogen-bond acceptors (Lipinski definition) is 7. The number of methoxy groups -OCH3 is 1. The fraction of sp³-hybridized carbons (Fsp3) is 0.367. The predicted octanol–water partition coefficient (Wildman–Crippen LogP) is 4.90. The van der Waals surface area contributed by atoms with Gasteiger partial charge in [-0.1, -0.05) is 0 Å². The molecule has 206 valence electrons. The zero-order valence-corrected chi connectivity index (χ0v) is 22.7. The Bertz CT molecular complexity index is 1590. The first-order valence-electron chi connectivity index (χ1n) is 13.6. The molecule has 0 bridgehead atoms. The van der Waals surface area contributed by atoms with Gasteiger partial charge in [0.15, 0.2) is 17.9 Å². The largest absolute Gasteiger partial charge is 0.497 e. The third-order valence-electron chi connectivity index (χ3n) is 8.27. The van der Waals surface area contributed by atoms with Crippen LogP contribution in [-0.4, -0.2) is 74.2 Å². The highest BCUT2D eigenvalue weighted by Gasteiger charge is 2.47. The molecule has 4 heterocycles. The fourth-order valence-electron chi connectivity index (χ4n) is 5.80. The maximum Gasteiger partial charge on any atom is 0.360 e. The molecule has 10 nitrogen and oxygen atoms in total. The average Bonchev–Trinajstić information content (AvgIpc) is 3.41. The summed E-state index contributed by atoms with van der Waals surface area (Å²) in [6, 6.07) is 13.2. The summed E-state index contributed by atoms with van der Waals surface area (Å²) in [7, 11) is 3.56. The number of H-pyrrole nitrogens is 1. The van der Waals surface area contributed by atoms with Gasteiger partial charge in [-0.25, -0.2) is 9.97 Å². The normalized spacial score (nSPS) is 21.1. The van der Waals surface area contributed by atoms with E-state index in [9.17, 15) is 9.90 Å². The minimum absolute atomic E-state index is 0.121. The summed E-state index contributed by atoms with van der Waals surface area (Å²) in [6.07, 6.45) is 7.56. The summed E-state index contributed by atoms with van der Waals surface area (Å²) in [4.78, 5) is 29.8. The van der Waals surface area contributed by atoms with E-state index in [1.807, 2.05) is 42.0 Å². The van der Waals surface area contributed by atoms with Gasteiger partial charge in [0.2, 0.25) is 5.95 Å². The van der Waals surface area contributed by atoms with Crippen LogP contribution in [0, 0.1) is 5.92 Å².